The summed E-state index contributed by atoms with van der Waals surface area (Å²) in [5, 5.41) is 10.1. The summed E-state index contributed by atoms with van der Waals surface area (Å²) in [5.74, 6) is 1.63. The van der Waals surface area contributed by atoms with E-state index < -0.39 is 0 Å². The van der Waals surface area contributed by atoms with Crippen molar-refractivity contribution in [2.24, 2.45) is 0 Å². The summed E-state index contributed by atoms with van der Waals surface area (Å²) in [4.78, 5) is 9.04. The van der Waals surface area contributed by atoms with Crippen LogP contribution >= 0.6 is 0 Å². The highest BCUT2D eigenvalue weighted by Gasteiger charge is 2.07. The van der Waals surface area contributed by atoms with Crippen molar-refractivity contribution in [3.05, 3.63) is 42.2 Å². The number of aliphatic hydroxyl groups excluding tert-OH is 1. The third-order valence-corrected chi connectivity index (χ3v) is 5.74. The number of aryl methyl sites for hydroxylation is 1. The minimum Gasteiger partial charge on any atom is -0.494 e. The van der Waals surface area contributed by atoms with Crippen LogP contribution in [0.15, 0.2) is 36.7 Å². The lowest BCUT2D eigenvalue weighted by atomic mass is 10.0. The molecule has 1 aromatic heterocycles. The Morgan fingerprint density at radius 1 is 0.774 bits per heavy atom. The molecule has 0 amide bonds. The number of hydrogen-bond acceptors (Lipinski definition) is 4. The SMILES string of the molecule is CCCCCCCCOc1ccc(-c2ncc(CC[C@H](O)CCCCCC)cn2)cc1. The van der Waals surface area contributed by atoms with E-state index >= 15 is 0 Å². The second kappa shape index (κ2) is 15.8. The van der Waals surface area contributed by atoms with Crippen LogP contribution in [0.3, 0.4) is 0 Å². The molecule has 4 nitrogen and oxygen atoms in total. The van der Waals surface area contributed by atoms with Gasteiger partial charge in [-0.3, -0.25) is 0 Å². The summed E-state index contributed by atoms with van der Waals surface area (Å²) in [6.45, 7) is 5.23. The molecular formula is C27H42N2O2. The predicted molar refractivity (Wildman–Crippen MR) is 129 cm³/mol. The van der Waals surface area contributed by atoms with Crippen LogP contribution in [0.2, 0.25) is 0 Å². The molecule has 0 bridgehead atoms. The van der Waals surface area contributed by atoms with Crippen LogP contribution in [-0.2, 0) is 6.42 Å². The fourth-order valence-electron chi connectivity index (χ4n) is 3.69. The molecule has 0 saturated carbocycles. The van der Waals surface area contributed by atoms with E-state index in [9.17, 15) is 5.11 Å². The molecule has 0 aliphatic rings. The Labute approximate surface area is 189 Å². The zero-order valence-corrected chi connectivity index (χ0v) is 19.7. The van der Waals surface area contributed by atoms with E-state index in [4.69, 9.17) is 4.74 Å². The van der Waals surface area contributed by atoms with Crippen molar-refractivity contribution in [3.8, 4) is 17.1 Å². The monoisotopic (exact) mass is 426 g/mol. The normalized spacial score (nSPS) is 12.1. The van der Waals surface area contributed by atoms with Crippen LogP contribution in [-0.4, -0.2) is 27.8 Å². The van der Waals surface area contributed by atoms with Gasteiger partial charge in [0.1, 0.15) is 5.75 Å². The molecule has 0 aliphatic carbocycles. The average Bonchev–Trinajstić information content (AvgIpc) is 2.81. The van der Waals surface area contributed by atoms with Gasteiger partial charge in [0.2, 0.25) is 0 Å². The lowest BCUT2D eigenvalue weighted by Crippen LogP contribution is -2.08. The second-order valence-corrected chi connectivity index (χ2v) is 8.60. The maximum Gasteiger partial charge on any atom is 0.159 e. The number of hydrogen-bond donors (Lipinski definition) is 1. The largest absolute Gasteiger partial charge is 0.494 e. The third kappa shape index (κ3) is 10.8. The molecule has 172 valence electrons. The van der Waals surface area contributed by atoms with Crippen LogP contribution in [0, 0.1) is 0 Å². The van der Waals surface area contributed by atoms with Crippen molar-refractivity contribution >= 4 is 0 Å². The first-order valence-electron chi connectivity index (χ1n) is 12.4. The number of benzene rings is 1. The van der Waals surface area contributed by atoms with Gasteiger partial charge in [0.15, 0.2) is 5.82 Å². The van der Waals surface area contributed by atoms with Crippen molar-refractivity contribution in [3.63, 3.8) is 0 Å². The standard InChI is InChI=1S/C27H42N2O2/c1-3-5-7-9-10-12-20-31-26-18-15-24(16-19-26)27-28-21-23(22-29-27)14-17-25(30)13-11-8-6-4-2/h15-16,18-19,21-22,25,30H,3-14,17,20H2,1-2H3/t25-/m1/s1. The fraction of sp³-hybridized carbons (Fsp3) is 0.630. The summed E-state index contributed by atoms with van der Waals surface area (Å²) in [7, 11) is 0. The Morgan fingerprint density at radius 3 is 2.06 bits per heavy atom. The average molecular weight is 427 g/mol. The van der Waals surface area contributed by atoms with Crippen LogP contribution < -0.4 is 4.74 Å². The van der Waals surface area contributed by atoms with Crippen LogP contribution in [0.1, 0.15) is 96.5 Å². The van der Waals surface area contributed by atoms with Gasteiger partial charge in [0, 0.05) is 18.0 Å². The molecule has 0 unspecified atom stereocenters. The number of aromatic nitrogens is 2. The molecule has 0 fully saturated rings. The van der Waals surface area contributed by atoms with Gasteiger partial charge in [-0.05, 0) is 55.5 Å². The van der Waals surface area contributed by atoms with E-state index in [0.717, 1.165) is 61.4 Å². The zero-order chi connectivity index (χ0) is 22.2. The number of nitrogens with zero attached hydrogens (tertiary/aromatic N) is 2. The van der Waals surface area contributed by atoms with Gasteiger partial charge in [-0.1, -0.05) is 71.6 Å². The van der Waals surface area contributed by atoms with E-state index in [0.29, 0.717) is 0 Å². The van der Waals surface area contributed by atoms with Crippen LogP contribution in [0.25, 0.3) is 11.4 Å². The first-order chi connectivity index (χ1) is 15.2. The van der Waals surface area contributed by atoms with Crippen molar-refractivity contribution in [1.29, 1.82) is 0 Å². The molecule has 2 aromatic rings. The Bertz CT molecular complexity index is 685. The molecule has 1 aromatic carbocycles. The Kier molecular flexibility index (Phi) is 12.9. The van der Waals surface area contributed by atoms with Gasteiger partial charge in [-0.25, -0.2) is 9.97 Å². The third-order valence-electron chi connectivity index (χ3n) is 5.74. The number of rotatable bonds is 17. The Balaban J connectivity index is 1.69. The van der Waals surface area contributed by atoms with Gasteiger partial charge >= 0.3 is 0 Å². The molecule has 0 saturated heterocycles. The van der Waals surface area contributed by atoms with E-state index in [-0.39, 0.29) is 6.10 Å². The summed E-state index contributed by atoms with van der Waals surface area (Å²) < 4.78 is 5.85. The van der Waals surface area contributed by atoms with Crippen molar-refractivity contribution in [1.82, 2.24) is 9.97 Å². The Hall–Kier alpha value is -1.94. The summed E-state index contributed by atoms with van der Waals surface area (Å²) in [6, 6.07) is 8.04. The topological polar surface area (TPSA) is 55.2 Å². The Morgan fingerprint density at radius 2 is 1.39 bits per heavy atom. The molecule has 2 rings (SSSR count). The highest BCUT2D eigenvalue weighted by Crippen LogP contribution is 2.20. The highest BCUT2D eigenvalue weighted by atomic mass is 16.5. The highest BCUT2D eigenvalue weighted by molar-refractivity contribution is 5.55. The fourth-order valence-corrected chi connectivity index (χ4v) is 3.69. The number of aliphatic hydroxyl groups is 1. The molecule has 1 N–H and O–H groups in total. The minimum absolute atomic E-state index is 0.222. The lowest BCUT2D eigenvalue weighted by molar-refractivity contribution is 0.151. The smallest absolute Gasteiger partial charge is 0.159 e. The van der Waals surface area contributed by atoms with E-state index in [1.807, 2.05) is 36.7 Å². The van der Waals surface area contributed by atoms with Gasteiger partial charge < -0.3 is 9.84 Å². The molecule has 0 radical (unpaired) electrons. The van der Waals surface area contributed by atoms with Gasteiger partial charge in [0.25, 0.3) is 0 Å². The first-order valence-corrected chi connectivity index (χ1v) is 12.4. The molecule has 0 aliphatic heterocycles. The van der Waals surface area contributed by atoms with E-state index in [1.54, 1.807) is 0 Å². The van der Waals surface area contributed by atoms with Crippen molar-refractivity contribution < 1.29 is 9.84 Å². The summed E-state index contributed by atoms with van der Waals surface area (Å²) in [6.07, 6.45) is 18.5. The number of unbranched alkanes of at least 4 members (excludes halogenated alkanes) is 8. The molecule has 1 atom stereocenters. The second-order valence-electron chi connectivity index (χ2n) is 8.60. The maximum atomic E-state index is 10.1. The van der Waals surface area contributed by atoms with Gasteiger partial charge in [0.05, 0.1) is 12.7 Å². The maximum absolute atomic E-state index is 10.1. The molecule has 31 heavy (non-hydrogen) atoms. The molecule has 1 heterocycles. The lowest BCUT2D eigenvalue weighted by Gasteiger charge is -2.10. The minimum atomic E-state index is -0.222. The summed E-state index contributed by atoms with van der Waals surface area (Å²) in [5.41, 5.74) is 2.07. The van der Waals surface area contributed by atoms with Crippen molar-refractivity contribution in [2.75, 3.05) is 6.61 Å². The first kappa shape index (κ1) is 25.3. The summed E-state index contributed by atoms with van der Waals surface area (Å²) >= 11 is 0. The van der Waals surface area contributed by atoms with Crippen molar-refractivity contribution in [2.45, 2.75) is 103 Å². The quantitative estimate of drug-likeness (QED) is 0.273. The van der Waals surface area contributed by atoms with E-state index in [2.05, 4.69) is 23.8 Å². The molecule has 0 spiro atoms. The molecule has 4 heteroatoms. The zero-order valence-electron chi connectivity index (χ0n) is 19.7. The predicted octanol–water partition coefficient (Wildman–Crippen LogP) is 7.15. The molecular weight excluding hydrogens is 384 g/mol. The number of ether oxygens (including phenoxy) is 1. The van der Waals surface area contributed by atoms with Gasteiger partial charge in [-0.2, -0.15) is 0 Å². The van der Waals surface area contributed by atoms with Crippen LogP contribution in [0.4, 0.5) is 0 Å². The van der Waals surface area contributed by atoms with Crippen LogP contribution in [0.5, 0.6) is 5.75 Å². The van der Waals surface area contributed by atoms with E-state index in [1.165, 1.54) is 51.4 Å². The van der Waals surface area contributed by atoms with Gasteiger partial charge in [-0.15, -0.1) is 0 Å².